The first kappa shape index (κ1) is 20.3. The maximum atomic E-state index is 14.2. The summed E-state index contributed by atoms with van der Waals surface area (Å²) in [6, 6.07) is 4.07. The van der Waals surface area contributed by atoms with E-state index in [0.717, 1.165) is 22.9 Å². The molecule has 1 amide bonds. The van der Waals surface area contributed by atoms with Gasteiger partial charge in [-0.2, -0.15) is 4.68 Å². The number of nitrogens with zero attached hydrogens (tertiary/aromatic N) is 3. The Kier molecular flexibility index (Phi) is 5.53. The minimum atomic E-state index is -1.13. The van der Waals surface area contributed by atoms with Crippen LogP contribution in [0.25, 0.3) is 10.9 Å². The molecule has 29 heavy (non-hydrogen) atoms. The molecule has 1 N–H and O–H groups in total. The summed E-state index contributed by atoms with van der Waals surface area (Å²) >= 11 is 0. The predicted octanol–water partition coefficient (Wildman–Crippen LogP) is 2.72. The lowest BCUT2D eigenvalue weighted by Gasteiger charge is -2.21. The Morgan fingerprint density at radius 2 is 1.69 bits per heavy atom. The molecule has 0 atom stereocenters. The Morgan fingerprint density at radius 3 is 2.31 bits per heavy atom. The van der Waals surface area contributed by atoms with Crippen LogP contribution in [-0.4, -0.2) is 29.2 Å². The highest BCUT2D eigenvalue weighted by molar-refractivity contribution is 5.87. The zero-order valence-electron chi connectivity index (χ0n) is 15.5. The minimum absolute atomic E-state index is 0.0421. The third-order valence-corrected chi connectivity index (χ3v) is 4.21. The second-order valence-corrected chi connectivity index (χ2v) is 6.34. The molecule has 0 unspecified atom stereocenters. The van der Waals surface area contributed by atoms with Gasteiger partial charge in [0.15, 0.2) is 0 Å². The fraction of sp³-hybridized carbons (Fsp3) is 0.211. The van der Waals surface area contributed by atoms with Crippen molar-refractivity contribution in [2.45, 2.75) is 13.3 Å². The zero-order valence-corrected chi connectivity index (χ0v) is 15.5. The van der Waals surface area contributed by atoms with Crippen molar-refractivity contribution < 1.29 is 22.4 Å². The number of amides is 1. The molecule has 0 fully saturated rings. The summed E-state index contributed by atoms with van der Waals surface area (Å²) in [5.74, 6) is -4.58. The Labute approximate surface area is 162 Å². The van der Waals surface area contributed by atoms with Crippen molar-refractivity contribution in [2.75, 3.05) is 23.9 Å². The Bertz CT molecular complexity index is 1140. The van der Waals surface area contributed by atoms with Crippen molar-refractivity contribution in [3.05, 3.63) is 69.5 Å². The van der Waals surface area contributed by atoms with Crippen LogP contribution in [0.15, 0.2) is 35.1 Å². The summed E-state index contributed by atoms with van der Waals surface area (Å²) in [5.41, 5.74) is 1.15. The van der Waals surface area contributed by atoms with E-state index < -0.39 is 46.5 Å². The van der Waals surface area contributed by atoms with Crippen LogP contribution in [0, 0.1) is 23.3 Å². The number of nitrogens with one attached hydrogen (secondary N) is 1. The molecular formula is C19H16F4N4O2. The molecule has 2 aromatic carbocycles. The molecule has 0 saturated carbocycles. The van der Waals surface area contributed by atoms with Crippen LogP contribution in [0.4, 0.5) is 23.5 Å². The van der Waals surface area contributed by atoms with E-state index in [1.807, 2.05) is 0 Å². The molecule has 0 aliphatic rings. The molecule has 0 bridgehead atoms. The minimum Gasteiger partial charge on any atom is -0.344 e. The number of fused-ring (bicyclic) bond motifs is 1. The normalized spacial score (nSPS) is 11.0. The number of carbonyl (C=O) groups excluding carboxylic acids is 1. The summed E-state index contributed by atoms with van der Waals surface area (Å²) in [7, 11) is 1.56. The number of hydrogen-bond donors (Lipinski definition) is 1. The number of benzene rings is 2. The topological polar surface area (TPSA) is 67.2 Å². The Hall–Kier alpha value is -3.43. The van der Waals surface area contributed by atoms with Crippen molar-refractivity contribution in [1.82, 2.24) is 9.66 Å². The zero-order chi connectivity index (χ0) is 21.3. The summed E-state index contributed by atoms with van der Waals surface area (Å²) in [5, 5.41) is -0.503. The van der Waals surface area contributed by atoms with Gasteiger partial charge in [0, 0.05) is 31.8 Å². The van der Waals surface area contributed by atoms with E-state index in [9.17, 15) is 27.2 Å². The van der Waals surface area contributed by atoms with Crippen LogP contribution in [0.2, 0.25) is 0 Å². The van der Waals surface area contributed by atoms with E-state index in [0.29, 0.717) is 18.7 Å². The van der Waals surface area contributed by atoms with Gasteiger partial charge in [-0.1, -0.05) is 0 Å². The van der Waals surface area contributed by atoms with Gasteiger partial charge in [0.1, 0.15) is 28.7 Å². The predicted molar refractivity (Wildman–Crippen MR) is 99.3 cm³/mol. The molecule has 10 heteroatoms. The lowest BCUT2D eigenvalue weighted by Crippen LogP contribution is -2.39. The standard InChI is InChI=1S/C19H16F4N4O2/c1-3-26(2)19-24-15-9-13(22)8-14(23)17(15)18(29)27(19)25-16(28)6-10-4-11(20)7-12(21)5-10/h4-5,7-9H,3,6H2,1-2H3,(H,25,28). The summed E-state index contributed by atoms with van der Waals surface area (Å²) in [4.78, 5) is 30.7. The quantitative estimate of drug-likeness (QED) is 0.660. The van der Waals surface area contributed by atoms with E-state index in [2.05, 4.69) is 10.4 Å². The smallest absolute Gasteiger partial charge is 0.284 e. The van der Waals surface area contributed by atoms with Crippen LogP contribution in [0.1, 0.15) is 12.5 Å². The molecule has 0 radical (unpaired) electrons. The average molecular weight is 408 g/mol. The second kappa shape index (κ2) is 7.90. The Morgan fingerprint density at radius 1 is 1.07 bits per heavy atom. The van der Waals surface area contributed by atoms with Crippen LogP contribution < -0.4 is 15.9 Å². The van der Waals surface area contributed by atoms with Gasteiger partial charge in [-0.3, -0.25) is 15.0 Å². The summed E-state index contributed by atoms with van der Waals surface area (Å²) < 4.78 is 55.1. The maximum absolute atomic E-state index is 14.2. The van der Waals surface area contributed by atoms with Gasteiger partial charge in [-0.25, -0.2) is 22.5 Å². The molecule has 0 aliphatic heterocycles. The highest BCUT2D eigenvalue weighted by Gasteiger charge is 2.19. The summed E-state index contributed by atoms with van der Waals surface area (Å²) in [6.07, 6.45) is -0.444. The molecule has 1 heterocycles. The number of aromatic nitrogens is 2. The number of anilines is 1. The van der Waals surface area contributed by atoms with Crippen molar-refractivity contribution >= 4 is 22.8 Å². The van der Waals surface area contributed by atoms with Gasteiger partial charge in [0.2, 0.25) is 11.9 Å². The van der Waals surface area contributed by atoms with E-state index in [1.54, 1.807) is 14.0 Å². The van der Waals surface area contributed by atoms with Gasteiger partial charge in [0.25, 0.3) is 5.56 Å². The molecule has 0 spiro atoms. The molecule has 152 valence electrons. The van der Waals surface area contributed by atoms with Crippen LogP contribution in [0.3, 0.4) is 0 Å². The molecule has 3 aromatic rings. The first-order chi connectivity index (χ1) is 13.7. The summed E-state index contributed by atoms with van der Waals surface area (Å²) in [6.45, 7) is 2.10. The van der Waals surface area contributed by atoms with E-state index in [1.165, 1.54) is 4.90 Å². The third-order valence-electron chi connectivity index (χ3n) is 4.21. The van der Waals surface area contributed by atoms with Crippen molar-refractivity contribution in [1.29, 1.82) is 0 Å². The van der Waals surface area contributed by atoms with E-state index >= 15 is 0 Å². The Balaban J connectivity index is 2.06. The number of halogens is 4. The first-order valence-corrected chi connectivity index (χ1v) is 8.57. The first-order valence-electron chi connectivity index (χ1n) is 8.57. The van der Waals surface area contributed by atoms with Gasteiger partial charge in [-0.05, 0) is 24.6 Å². The number of rotatable bonds is 5. The van der Waals surface area contributed by atoms with E-state index in [-0.39, 0.29) is 17.0 Å². The molecule has 3 rings (SSSR count). The molecular weight excluding hydrogens is 392 g/mol. The fourth-order valence-corrected chi connectivity index (χ4v) is 2.78. The molecule has 1 aromatic heterocycles. The highest BCUT2D eigenvalue weighted by atomic mass is 19.1. The van der Waals surface area contributed by atoms with E-state index in [4.69, 9.17) is 0 Å². The van der Waals surface area contributed by atoms with Crippen LogP contribution in [-0.2, 0) is 11.2 Å². The monoisotopic (exact) mass is 408 g/mol. The second-order valence-electron chi connectivity index (χ2n) is 6.34. The molecule has 6 nitrogen and oxygen atoms in total. The highest BCUT2D eigenvalue weighted by Crippen LogP contribution is 2.18. The van der Waals surface area contributed by atoms with Gasteiger partial charge in [0.05, 0.1) is 11.9 Å². The van der Waals surface area contributed by atoms with Gasteiger partial charge >= 0.3 is 0 Å². The molecule has 0 aliphatic carbocycles. The fourth-order valence-electron chi connectivity index (χ4n) is 2.78. The molecule has 0 saturated heterocycles. The van der Waals surface area contributed by atoms with Crippen LogP contribution in [0.5, 0.6) is 0 Å². The average Bonchev–Trinajstić information content (AvgIpc) is 2.61. The maximum Gasteiger partial charge on any atom is 0.284 e. The largest absolute Gasteiger partial charge is 0.344 e. The number of carbonyl (C=O) groups is 1. The van der Waals surface area contributed by atoms with Crippen LogP contribution >= 0.6 is 0 Å². The lowest BCUT2D eigenvalue weighted by molar-refractivity contribution is -0.116. The van der Waals surface area contributed by atoms with Crippen molar-refractivity contribution in [2.24, 2.45) is 0 Å². The van der Waals surface area contributed by atoms with Gasteiger partial charge < -0.3 is 4.90 Å². The third kappa shape index (κ3) is 4.20. The van der Waals surface area contributed by atoms with Crippen molar-refractivity contribution in [3.63, 3.8) is 0 Å². The lowest BCUT2D eigenvalue weighted by atomic mass is 10.1. The van der Waals surface area contributed by atoms with Crippen molar-refractivity contribution in [3.8, 4) is 0 Å². The number of hydrogen-bond acceptors (Lipinski definition) is 4. The van der Waals surface area contributed by atoms with Gasteiger partial charge in [-0.15, -0.1) is 0 Å². The SMILES string of the molecule is CCN(C)c1nc2cc(F)cc(F)c2c(=O)n1NC(=O)Cc1cc(F)cc(F)c1.